The van der Waals surface area contributed by atoms with Crippen molar-refractivity contribution in [2.45, 2.75) is 64.7 Å². The molecule has 108 valence electrons. The summed E-state index contributed by atoms with van der Waals surface area (Å²) < 4.78 is 25.3. The Morgan fingerprint density at radius 3 is 1.80 bits per heavy atom. The summed E-state index contributed by atoms with van der Waals surface area (Å²) in [6.45, 7) is 2.21. The Bertz CT molecular complexity index is 236. The van der Waals surface area contributed by atoms with Crippen molar-refractivity contribution < 1.29 is 82.0 Å². The van der Waals surface area contributed by atoms with E-state index in [1.54, 1.807) is 0 Å². The quantitative estimate of drug-likeness (QED) is 0.135. The maximum absolute atomic E-state index is 10.9. The number of rotatable bonds is 10. The molecule has 20 heavy (non-hydrogen) atoms. The molecule has 0 bridgehead atoms. The van der Waals surface area contributed by atoms with Gasteiger partial charge in [-0.1, -0.05) is 45.4 Å². The van der Waals surface area contributed by atoms with Gasteiger partial charge in [0.1, 0.15) is 12.1 Å². The molecule has 0 aromatic rings. The number of hydrogen-bond donors (Lipinski definition) is 0. The van der Waals surface area contributed by atoms with E-state index < -0.39 is 11.4 Å². The maximum atomic E-state index is 10.9. The maximum Gasteiger partial charge on any atom is 1.00 e. The van der Waals surface area contributed by atoms with Gasteiger partial charge in [-0.2, -0.15) is 0 Å². The minimum absolute atomic E-state index is 0. The van der Waals surface area contributed by atoms with Crippen LogP contribution in [0.3, 0.4) is 0 Å². The van der Waals surface area contributed by atoms with Gasteiger partial charge in [-0.15, -0.1) is 11.4 Å². The summed E-state index contributed by atoms with van der Waals surface area (Å²) in [4.78, 5) is 20.9. The average molecular weight is 324 g/mol. The molecular formula is C12H22Na2O5S. The number of hydrogen-bond acceptors (Lipinski definition) is 5. The van der Waals surface area contributed by atoms with Crippen LogP contribution in [0.2, 0.25) is 0 Å². The summed E-state index contributed by atoms with van der Waals surface area (Å²) in [5.41, 5.74) is 0. The van der Waals surface area contributed by atoms with E-state index in [1.807, 2.05) is 0 Å². The molecule has 8 heteroatoms. The molecule has 0 aliphatic heterocycles. The van der Waals surface area contributed by atoms with E-state index in [0.717, 1.165) is 12.8 Å². The van der Waals surface area contributed by atoms with Gasteiger partial charge in [0.05, 0.1) is 6.42 Å². The van der Waals surface area contributed by atoms with E-state index in [0.29, 0.717) is 12.7 Å². The van der Waals surface area contributed by atoms with Gasteiger partial charge in [-0.25, -0.2) is 0 Å². The molecule has 0 aliphatic rings. The molecule has 0 aromatic carbocycles. The number of unbranched alkanes of at least 4 members (excludes halogenated alkanes) is 6. The van der Waals surface area contributed by atoms with Gasteiger partial charge in [0, 0.05) is 6.42 Å². The number of ketones is 1. The van der Waals surface area contributed by atoms with Gasteiger partial charge < -0.3 is 13.9 Å². The Kier molecular flexibility index (Phi) is 37.3. The first-order valence-electron chi connectivity index (χ1n) is 6.26. The van der Waals surface area contributed by atoms with Crippen molar-refractivity contribution >= 4 is 23.4 Å². The molecule has 0 radical (unpaired) electrons. The van der Waals surface area contributed by atoms with Gasteiger partial charge in [-0.05, 0) is 6.42 Å². The van der Waals surface area contributed by atoms with Crippen molar-refractivity contribution in [2.24, 2.45) is 0 Å². The van der Waals surface area contributed by atoms with Crippen LogP contribution in [0.4, 0.5) is 0 Å². The molecular weight excluding hydrogens is 302 g/mol. The zero-order chi connectivity index (χ0) is 14.2. The zero-order valence-corrected chi connectivity index (χ0v) is 17.7. The smallest absolute Gasteiger partial charge is 0.784 e. The third kappa shape index (κ3) is 36.6. The van der Waals surface area contributed by atoms with Crippen LogP contribution in [-0.4, -0.2) is 25.4 Å². The van der Waals surface area contributed by atoms with Crippen molar-refractivity contribution in [3.8, 4) is 0 Å². The van der Waals surface area contributed by atoms with E-state index in [4.69, 9.17) is 13.3 Å². The van der Waals surface area contributed by atoms with E-state index >= 15 is 0 Å². The molecule has 0 unspecified atom stereocenters. The third-order valence-electron chi connectivity index (χ3n) is 2.37. The second-order valence-electron chi connectivity index (χ2n) is 3.98. The van der Waals surface area contributed by atoms with Gasteiger partial charge in [0.2, 0.25) is 0 Å². The van der Waals surface area contributed by atoms with Crippen LogP contribution >= 0.6 is 0 Å². The molecule has 0 N–H and O–H groups in total. The van der Waals surface area contributed by atoms with Gasteiger partial charge >= 0.3 is 59.1 Å². The number of carbonyl (C=O) groups is 2. The number of aldehydes is 1. The van der Waals surface area contributed by atoms with Crippen molar-refractivity contribution in [3.63, 3.8) is 0 Å². The fraction of sp³-hybridized carbons (Fsp3) is 0.833. The van der Waals surface area contributed by atoms with E-state index in [-0.39, 0.29) is 71.3 Å². The molecule has 0 aromatic heterocycles. The van der Waals surface area contributed by atoms with Crippen LogP contribution in [0.1, 0.15) is 64.7 Å². The summed E-state index contributed by atoms with van der Waals surface area (Å²) in [5, 5.41) is 0. The van der Waals surface area contributed by atoms with Crippen LogP contribution in [0.5, 0.6) is 0 Å². The largest absolute Gasteiger partial charge is 1.00 e. The monoisotopic (exact) mass is 324 g/mol. The van der Waals surface area contributed by atoms with Crippen LogP contribution in [-0.2, 0) is 21.0 Å². The minimum atomic E-state index is -3.11. The molecule has 0 rings (SSSR count). The van der Waals surface area contributed by atoms with Gasteiger partial charge in [-0.3, -0.25) is 9.00 Å². The topological polar surface area (TPSA) is 97.3 Å². The fourth-order valence-corrected chi connectivity index (χ4v) is 1.47. The third-order valence-corrected chi connectivity index (χ3v) is 2.37. The molecule has 5 nitrogen and oxygen atoms in total. The first-order chi connectivity index (χ1) is 8.54. The van der Waals surface area contributed by atoms with Crippen molar-refractivity contribution in [1.82, 2.24) is 0 Å². The first kappa shape index (κ1) is 29.4. The molecule has 0 saturated carbocycles. The second kappa shape index (κ2) is 25.4. The van der Waals surface area contributed by atoms with Crippen LogP contribution < -0.4 is 59.1 Å². The van der Waals surface area contributed by atoms with Crippen LogP contribution in [0, 0.1) is 0 Å². The Balaban J connectivity index is -0.000000188. The normalized spacial score (nSPS) is 8.80. The summed E-state index contributed by atoms with van der Waals surface area (Å²) in [7, 11) is 0. The molecule has 0 aliphatic carbocycles. The molecule has 0 spiro atoms. The van der Waals surface area contributed by atoms with Crippen molar-refractivity contribution in [3.05, 3.63) is 0 Å². The molecule has 0 saturated heterocycles. The number of carbonyl (C=O) groups excluding carboxylic acids is 2. The summed E-state index contributed by atoms with van der Waals surface area (Å²) in [5.74, 6) is 0.0913. The SMILES string of the molecule is CCCCCCCCCC(=O)CC=O.O=S([O-])[O-].[Na+].[Na+]. The molecule has 0 amide bonds. The summed E-state index contributed by atoms with van der Waals surface area (Å²) >= 11 is -3.11. The number of Topliss-reactive ketones (excluding diaryl/α,β-unsaturated/α-hetero) is 1. The Morgan fingerprint density at radius 2 is 1.40 bits per heavy atom. The predicted molar refractivity (Wildman–Crippen MR) is 68.0 cm³/mol. The van der Waals surface area contributed by atoms with Crippen LogP contribution in [0.15, 0.2) is 0 Å². The van der Waals surface area contributed by atoms with Crippen molar-refractivity contribution in [2.75, 3.05) is 0 Å². The zero-order valence-electron chi connectivity index (χ0n) is 12.9. The predicted octanol–water partition coefficient (Wildman–Crippen LogP) is -3.71. The average Bonchev–Trinajstić information content (AvgIpc) is 2.27. The second-order valence-corrected chi connectivity index (χ2v) is 4.39. The Labute approximate surface area is 168 Å². The van der Waals surface area contributed by atoms with E-state index in [2.05, 4.69) is 6.92 Å². The van der Waals surface area contributed by atoms with Gasteiger partial charge in [0.25, 0.3) is 0 Å². The molecule has 0 heterocycles. The molecule has 0 fully saturated rings. The standard InChI is InChI=1S/C12H22O2.2Na.H2O3S/c1-2-3-4-5-6-7-8-9-12(14)10-11-13;;;1-4(2)3/h11H,2-10H2,1H3;;;(H2,1,2,3)/q;2*+1;/p-2. The van der Waals surface area contributed by atoms with Crippen LogP contribution in [0.25, 0.3) is 0 Å². The van der Waals surface area contributed by atoms with E-state index in [9.17, 15) is 9.59 Å². The summed E-state index contributed by atoms with van der Waals surface area (Å²) in [6.07, 6.45) is 9.92. The first-order valence-corrected chi connectivity index (χ1v) is 7.26. The Hall–Kier alpha value is 1.41. The van der Waals surface area contributed by atoms with E-state index in [1.165, 1.54) is 32.1 Å². The summed E-state index contributed by atoms with van der Waals surface area (Å²) in [6, 6.07) is 0. The van der Waals surface area contributed by atoms with Gasteiger partial charge in [0.15, 0.2) is 0 Å². The minimum Gasteiger partial charge on any atom is -0.784 e. The molecule has 0 atom stereocenters. The van der Waals surface area contributed by atoms with Crippen molar-refractivity contribution in [1.29, 1.82) is 0 Å². The fourth-order valence-electron chi connectivity index (χ4n) is 1.47. The Morgan fingerprint density at radius 1 is 1.00 bits per heavy atom.